The van der Waals surface area contributed by atoms with Gasteiger partial charge in [0.05, 0.1) is 17.4 Å². The second-order valence-electron chi connectivity index (χ2n) is 8.44. The molecule has 0 spiro atoms. The minimum atomic E-state index is -0.328. The van der Waals surface area contributed by atoms with Gasteiger partial charge in [0.25, 0.3) is 0 Å². The Morgan fingerprint density at radius 3 is 2.06 bits per heavy atom. The number of nitrogens with zero attached hydrogens (tertiary/aromatic N) is 1. The lowest BCUT2D eigenvalue weighted by molar-refractivity contribution is -0.110. The van der Waals surface area contributed by atoms with Crippen LogP contribution in [0.2, 0.25) is 0 Å². The molecule has 0 aliphatic carbocycles. The summed E-state index contributed by atoms with van der Waals surface area (Å²) in [6.07, 6.45) is 2.24. The monoisotopic (exact) mass is 413 g/mol. The lowest BCUT2D eigenvalue weighted by Crippen LogP contribution is -2.47. The second kappa shape index (κ2) is 9.80. The fourth-order valence-electron chi connectivity index (χ4n) is 4.06. The van der Waals surface area contributed by atoms with Gasteiger partial charge in [-0.25, -0.2) is 0 Å². The quantitative estimate of drug-likeness (QED) is 0.465. The van der Waals surface area contributed by atoms with Gasteiger partial charge >= 0.3 is 0 Å². The molecule has 0 aromatic heterocycles. The van der Waals surface area contributed by atoms with Crippen molar-refractivity contribution in [3.05, 3.63) is 95.1 Å². The van der Waals surface area contributed by atoms with E-state index < -0.39 is 0 Å². The number of aryl methyl sites for hydroxylation is 2. The maximum atomic E-state index is 12.2. The summed E-state index contributed by atoms with van der Waals surface area (Å²) >= 11 is 0. The number of carbonyl (C=O) groups is 1. The summed E-state index contributed by atoms with van der Waals surface area (Å²) in [5, 5.41) is 7.06. The smallest absolute Gasteiger partial charge is 0.144 e. The van der Waals surface area contributed by atoms with Crippen LogP contribution in [0.25, 0.3) is 0 Å². The van der Waals surface area contributed by atoms with Gasteiger partial charge in [-0.05, 0) is 43.5 Å². The van der Waals surface area contributed by atoms with E-state index in [-0.39, 0.29) is 12.1 Å². The maximum Gasteiger partial charge on any atom is 0.144 e. The lowest BCUT2D eigenvalue weighted by Gasteiger charge is -2.41. The Morgan fingerprint density at radius 2 is 1.48 bits per heavy atom. The SMILES string of the molecule is Cc1ccc(CNc2ccccc2NC(C=O)C(c2ccc(C)cc2)N2CCC2)cc1. The van der Waals surface area contributed by atoms with Crippen LogP contribution < -0.4 is 10.6 Å². The van der Waals surface area contributed by atoms with Crippen LogP contribution in [0.4, 0.5) is 11.4 Å². The summed E-state index contributed by atoms with van der Waals surface area (Å²) in [7, 11) is 0. The summed E-state index contributed by atoms with van der Waals surface area (Å²) in [6, 6.07) is 24.9. The lowest BCUT2D eigenvalue weighted by atomic mass is 9.94. The van der Waals surface area contributed by atoms with Gasteiger partial charge in [-0.1, -0.05) is 71.8 Å². The molecule has 4 heteroatoms. The third-order valence-corrected chi connectivity index (χ3v) is 6.04. The molecule has 4 rings (SSSR count). The van der Waals surface area contributed by atoms with E-state index in [1.165, 1.54) is 28.7 Å². The molecule has 0 radical (unpaired) electrons. The van der Waals surface area contributed by atoms with Gasteiger partial charge in [0.1, 0.15) is 12.3 Å². The summed E-state index contributed by atoms with van der Waals surface area (Å²) in [6.45, 7) is 6.97. The van der Waals surface area contributed by atoms with Crippen molar-refractivity contribution in [1.29, 1.82) is 0 Å². The fourth-order valence-corrected chi connectivity index (χ4v) is 4.06. The van der Waals surface area contributed by atoms with Crippen molar-refractivity contribution < 1.29 is 4.79 Å². The van der Waals surface area contributed by atoms with E-state index in [9.17, 15) is 4.79 Å². The number of aldehydes is 1. The zero-order chi connectivity index (χ0) is 21.6. The first-order valence-corrected chi connectivity index (χ1v) is 11.0. The minimum absolute atomic E-state index is 0.0250. The van der Waals surface area contributed by atoms with E-state index in [2.05, 4.69) is 84.0 Å². The molecule has 2 unspecified atom stereocenters. The Hall–Kier alpha value is -3.11. The molecule has 0 amide bonds. The van der Waals surface area contributed by atoms with Gasteiger partial charge in [-0.3, -0.25) is 4.90 Å². The molecule has 31 heavy (non-hydrogen) atoms. The van der Waals surface area contributed by atoms with Gasteiger partial charge in [0.2, 0.25) is 0 Å². The van der Waals surface area contributed by atoms with Crippen LogP contribution in [0.15, 0.2) is 72.8 Å². The molecule has 1 fully saturated rings. The number of benzene rings is 3. The molecule has 1 aliphatic rings. The molecule has 0 saturated carbocycles. The molecule has 0 bridgehead atoms. The van der Waals surface area contributed by atoms with Crippen molar-refractivity contribution in [2.75, 3.05) is 23.7 Å². The molecule has 3 aromatic carbocycles. The van der Waals surface area contributed by atoms with Gasteiger partial charge in [0, 0.05) is 19.6 Å². The highest BCUT2D eigenvalue weighted by Gasteiger charge is 2.32. The van der Waals surface area contributed by atoms with E-state index in [1.54, 1.807) is 0 Å². The highest BCUT2D eigenvalue weighted by molar-refractivity contribution is 5.74. The average molecular weight is 414 g/mol. The predicted molar refractivity (Wildman–Crippen MR) is 129 cm³/mol. The number of hydrogen-bond acceptors (Lipinski definition) is 4. The van der Waals surface area contributed by atoms with Crippen molar-refractivity contribution >= 4 is 17.7 Å². The Labute approximate surface area is 185 Å². The van der Waals surface area contributed by atoms with Gasteiger partial charge in [0.15, 0.2) is 0 Å². The summed E-state index contributed by atoms with van der Waals surface area (Å²) in [5.41, 5.74) is 6.84. The van der Waals surface area contributed by atoms with E-state index >= 15 is 0 Å². The molecule has 2 atom stereocenters. The zero-order valence-electron chi connectivity index (χ0n) is 18.3. The van der Waals surface area contributed by atoms with Crippen LogP contribution in [0.1, 0.15) is 34.7 Å². The summed E-state index contributed by atoms with van der Waals surface area (Å²) in [5.74, 6) is 0. The number of anilines is 2. The largest absolute Gasteiger partial charge is 0.379 e. The topological polar surface area (TPSA) is 44.4 Å². The number of likely N-dealkylation sites (tertiary alicyclic amines) is 1. The van der Waals surface area contributed by atoms with E-state index in [1.807, 2.05) is 18.2 Å². The highest BCUT2D eigenvalue weighted by Crippen LogP contribution is 2.32. The second-order valence-corrected chi connectivity index (χ2v) is 8.44. The molecule has 2 N–H and O–H groups in total. The number of carbonyl (C=O) groups excluding carboxylic acids is 1. The molecule has 160 valence electrons. The fraction of sp³-hybridized carbons (Fsp3) is 0.296. The first-order valence-electron chi connectivity index (χ1n) is 11.0. The van der Waals surface area contributed by atoms with Crippen LogP contribution in [0.5, 0.6) is 0 Å². The Kier molecular flexibility index (Phi) is 6.68. The number of rotatable bonds is 9. The molecule has 3 aromatic rings. The van der Waals surface area contributed by atoms with Crippen molar-refractivity contribution in [2.24, 2.45) is 0 Å². The Bertz CT molecular complexity index is 994. The third-order valence-electron chi connectivity index (χ3n) is 6.04. The molecule has 1 heterocycles. The van der Waals surface area contributed by atoms with Crippen molar-refractivity contribution in [3.63, 3.8) is 0 Å². The zero-order valence-corrected chi connectivity index (χ0v) is 18.3. The van der Waals surface area contributed by atoms with Crippen LogP contribution in [-0.4, -0.2) is 30.3 Å². The standard InChI is InChI=1S/C27H31N3O/c1-20-8-12-22(13-9-20)18-28-24-6-3-4-7-25(24)29-26(19-31)27(30-16-5-17-30)23-14-10-21(2)11-15-23/h3-4,6-15,19,26-29H,5,16-18H2,1-2H3. The molecule has 1 aliphatic heterocycles. The first-order chi connectivity index (χ1) is 15.1. The minimum Gasteiger partial charge on any atom is -0.379 e. The van der Waals surface area contributed by atoms with E-state index in [4.69, 9.17) is 0 Å². The van der Waals surface area contributed by atoms with Crippen LogP contribution in [0.3, 0.4) is 0 Å². The third kappa shape index (κ3) is 5.15. The number of para-hydroxylation sites is 2. The van der Waals surface area contributed by atoms with Gasteiger partial charge < -0.3 is 15.4 Å². The first kappa shape index (κ1) is 21.1. The van der Waals surface area contributed by atoms with Crippen LogP contribution in [-0.2, 0) is 11.3 Å². The normalized spacial score (nSPS) is 15.5. The van der Waals surface area contributed by atoms with E-state index in [0.29, 0.717) is 0 Å². The van der Waals surface area contributed by atoms with Crippen molar-refractivity contribution in [3.8, 4) is 0 Å². The molecular weight excluding hydrogens is 382 g/mol. The van der Waals surface area contributed by atoms with Crippen LogP contribution in [0, 0.1) is 13.8 Å². The molecule has 1 saturated heterocycles. The number of hydrogen-bond donors (Lipinski definition) is 2. The van der Waals surface area contributed by atoms with Crippen molar-refractivity contribution in [1.82, 2.24) is 4.90 Å². The van der Waals surface area contributed by atoms with Crippen molar-refractivity contribution in [2.45, 2.75) is 38.9 Å². The Balaban J connectivity index is 1.53. The molecule has 4 nitrogen and oxygen atoms in total. The summed E-state index contributed by atoms with van der Waals surface area (Å²) in [4.78, 5) is 14.6. The van der Waals surface area contributed by atoms with Gasteiger partial charge in [-0.15, -0.1) is 0 Å². The highest BCUT2D eigenvalue weighted by atomic mass is 16.1. The van der Waals surface area contributed by atoms with Gasteiger partial charge in [-0.2, -0.15) is 0 Å². The maximum absolute atomic E-state index is 12.2. The number of nitrogens with one attached hydrogen (secondary N) is 2. The Morgan fingerprint density at radius 1 is 0.871 bits per heavy atom. The average Bonchev–Trinajstić information content (AvgIpc) is 2.76. The molecular formula is C27H31N3O. The summed E-state index contributed by atoms with van der Waals surface area (Å²) < 4.78 is 0. The van der Waals surface area contributed by atoms with E-state index in [0.717, 1.165) is 37.3 Å². The van der Waals surface area contributed by atoms with Crippen LogP contribution >= 0.6 is 0 Å². The predicted octanol–water partition coefficient (Wildman–Crippen LogP) is 5.34.